The number of benzene rings is 1. The third-order valence-electron chi connectivity index (χ3n) is 3.94. The molecule has 156 valence electrons. The summed E-state index contributed by atoms with van der Waals surface area (Å²) in [6.07, 6.45) is 1.73. The van der Waals surface area contributed by atoms with Gasteiger partial charge in [0.15, 0.2) is 12.4 Å². The van der Waals surface area contributed by atoms with Gasteiger partial charge in [-0.2, -0.15) is 0 Å². The van der Waals surface area contributed by atoms with Crippen molar-refractivity contribution in [3.63, 3.8) is 0 Å². The number of aryl methyl sites for hydroxylation is 1. The van der Waals surface area contributed by atoms with Crippen LogP contribution < -0.4 is 10.0 Å². The van der Waals surface area contributed by atoms with E-state index in [1.54, 1.807) is 19.1 Å². The molecule has 0 saturated carbocycles. The van der Waals surface area contributed by atoms with E-state index in [1.807, 2.05) is 0 Å². The minimum Gasteiger partial charge on any atom is -0.456 e. The number of nitrogens with one attached hydrogen (secondary N) is 2. The summed E-state index contributed by atoms with van der Waals surface area (Å²) in [6.45, 7) is 1.20. The maximum absolute atomic E-state index is 11.9. The largest absolute Gasteiger partial charge is 0.456 e. The van der Waals surface area contributed by atoms with Crippen molar-refractivity contribution in [3.05, 3.63) is 51.6 Å². The van der Waals surface area contributed by atoms with Crippen LogP contribution in [-0.4, -0.2) is 38.9 Å². The van der Waals surface area contributed by atoms with Gasteiger partial charge in [-0.3, -0.25) is 9.59 Å². The molecule has 1 aromatic heterocycles. The average molecular weight is 460 g/mol. The average Bonchev–Trinajstić information content (AvgIpc) is 2.71. The van der Waals surface area contributed by atoms with Crippen molar-refractivity contribution >= 4 is 50.9 Å². The standard InChI is InChI=1S/C18H19Cl2N3O5S/c1-11-14(19)9-22-18(17(11)20)23-15(24)10-28-16(25)8-5-12-3-6-13(7-4-12)29(26,27)21-2/h3-4,6-7,9,21H,5,8,10H2,1-2H3,(H,22,23,24). The van der Waals surface area contributed by atoms with E-state index in [1.165, 1.54) is 25.4 Å². The number of anilines is 1. The van der Waals surface area contributed by atoms with Crippen LogP contribution in [0.2, 0.25) is 10.0 Å². The summed E-state index contributed by atoms with van der Waals surface area (Å²) in [4.78, 5) is 27.8. The van der Waals surface area contributed by atoms with E-state index in [9.17, 15) is 18.0 Å². The smallest absolute Gasteiger partial charge is 0.306 e. The highest BCUT2D eigenvalue weighted by molar-refractivity contribution is 7.89. The molecule has 0 aliphatic rings. The lowest BCUT2D eigenvalue weighted by molar-refractivity contribution is -0.147. The Hall–Kier alpha value is -2.20. The number of amides is 1. The molecule has 29 heavy (non-hydrogen) atoms. The van der Waals surface area contributed by atoms with Crippen LogP contribution >= 0.6 is 23.2 Å². The first-order valence-corrected chi connectivity index (χ1v) is 10.7. The lowest BCUT2D eigenvalue weighted by Crippen LogP contribution is -2.22. The van der Waals surface area contributed by atoms with Crippen LogP contribution in [0.5, 0.6) is 0 Å². The number of hydrogen-bond donors (Lipinski definition) is 2. The molecule has 1 amide bonds. The Morgan fingerprint density at radius 1 is 1.17 bits per heavy atom. The number of aromatic nitrogens is 1. The Bertz CT molecular complexity index is 1010. The predicted molar refractivity (Wildman–Crippen MR) is 110 cm³/mol. The molecule has 0 unspecified atom stereocenters. The zero-order valence-corrected chi connectivity index (χ0v) is 18.0. The Balaban J connectivity index is 1.81. The zero-order valence-electron chi connectivity index (χ0n) is 15.7. The number of pyridine rings is 1. The van der Waals surface area contributed by atoms with E-state index in [4.69, 9.17) is 27.9 Å². The molecule has 0 fully saturated rings. The Labute approximate surface area is 178 Å². The molecule has 0 aliphatic carbocycles. The van der Waals surface area contributed by atoms with E-state index in [-0.39, 0.29) is 22.2 Å². The van der Waals surface area contributed by atoms with Gasteiger partial charge in [-0.15, -0.1) is 0 Å². The van der Waals surface area contributed by atoms with Crippen molar-refractivity contribution < 1.29 is 22.7 Å². The van der Waals surface area contributed by atoms with Crippen LogP contribution in [0.15, 0.2) is 35.4 Å². The van der Waals surface area contributed by atoms with E-state index in [0.29, 0.717) is 17.0 Å². The van der Waals surface area contributed by atoms with Crippen LogP contribution in [-0.2, 0) is 30.8 Å². The second kappa shape index (κ2) is 10.0. The first-order chi connectivity index (χ1) is 13.6. The van der Waals surface area contributed by atoms with Crippen molar-refractivity contribution in [1.82, 2.24) is 9.71 Å². The molecule has 0 radical (unpaired) electrons. The second-order valence-corrected chi connectivity index (χ2v) is 8.63. The van der Waals surface area contributed by atoms with Gasteiger partial charge in [-0.25, -0.2) is 18.1 Å². The molecule has 2 rings (SSSR count). The zero-order chi connectivity index (χ0) is 21.6. The van der Waals surface area contributed by atoms with Gasteiger partial charge in [-0.1, -0.05) is 35.3 Å². The third-order valence-corrected chi connectivity index (χ3v) is 6.22. The summed E-state index contributed by atoms with van der Waals surface area (Å²) in [6, 6.07) is 6.12. The lowest BCUT2D eigenvalue weighted by Gasteiger charge is -2.09. The Morgan fingerprint density at radius 3 is 2.45 bits per heavy atom. The molecule has 0 atom stereocenters. The van der Waals surface area contributed by atoms with Gasteiger partial charge in [-0.05, 0) is 43.7 Å². The van der Waals surface area contributed by atoms with Gasteiger partial charge in [0, 0.05) is 12.6 Å². The van der Waals surface area contributed by atoms with Crippen LogP contribution in [0.1, 0.15) is 17.5 Å². The lowest BCUT2D eigenvalue weighted by atomic mass is 10.1. The first kappa shape index (κ1) is 23.1. The highest BCUT2D eigenvalue weighted by Gasteiger charge is 2.14. The molecular weight excluding hydrogens is 441 g/mol. The van der Waals surface area contributed by atoms with Crippen molar-refractivity contribution in [1.29, 1.82) is 0 Å². The number of halogens is 2. The van der Waals surface area contributed by atoms with Gasteiger partial charge in [0.1, 0.15) is 0 Å². The summed E-state index contributed by atoms with van der Waals surface area (Å²) >= 11 is 11.9. The highest BCUT2D eigenvalue weighted by atomic mass is 35.5. The molecule has 0 spiro atoms. The number of esters is 1. The van der Waals surface area contributed by atoms with Gasteiger partial charge >= 0.3 is 5.97 Å². The summed E-state index contributed by atoms with van der Waals surface area (Å²) < 4.78 is 30.5. The monoisotopic (exact) mass is 459 g/mol. The number of carbonyl (C=O) groups is 2. The van der Waals surface area contributed by atoms with E-state index in [2.05, 4.69) is 15.0 Å². The highest BCUT2D eigenvalue weighted by Crippen LogP contribution is 2.28. The van der Waals surface area contributed by atoms with Crippen LogP contribution in [0.3, 0.4) is 0 Å². The van der Waals surface area contributed by atoms with Crippen molar-refractivity contribution in [2.24, 2.45) is 0 Å². The quantitative estimate of drug-likeness (QED) is 0.586. The maximum atomic E-state index is 11.9. The minimum absolute atomic E-state index is 0.0322. The van der Waals surface area contributed by atoms with E-state index < -0.39 is 28.5 Å². The fourth-order valence-corrected chi connectivity index (χ4v) is 3.35. The molecule has 0 aliphatic heterocycles. The fraction of sp³-hybridized carbons (Fsp3) is 0.278. The third kappa shape index (κ3) is 6.40. The molecule has 0 saturated heterocycles. The summed E-state index contributed by atoms with van der Waals surface area (Å²) in [7, 11) is -2.18. The molecule has 2 aromatic rings. The Kier molecular flexibility index (Phi) is 7.97. The minimum atomic E-state index is -3.51. The molecule has 0 bridgehead atoms. The molecule has 1 aromatic carbocycles. The van der Waals surface area contributed by atoms with Gasteiger partial charge in [0.25, 0.3) is 5.91 Å². The Morgan fingerprint density at radius 2 is 1.83 bits per heavy atom. The number of sulfonamides is 1. The second-order valence-electron chi connectivity index (χ2n) is 5.95. The molecule has 11 heteroatoms. The SMILES string of the molecule is CNS(=O)(=O)c1ccc(CCC(=O)OCC(=O)Nc2ncc(Cl)c(C)c2Cl)cc1. The van der Waals surface area contributed by atoms with Gasteiger partial charge < -0.3 is 10.1 Å². The van der Waals surface area contributed by atoms with Gasteiger partial charge in [0.05, 0.1) is 14.9 Å². The number of carbonyl (C=O) groups excluding carboxylic acids is 2. The number of nitrogens with zero attached hydrogens (tertiary/aromatic N) is 1. The predicted octanol–water partition coefficient (Wildman–Crippen LogP) is 2.72. The first-order valence-electron chi connectivity index (χ1n) is 8.42. The van der Waals surface area contributed by atoms with Crippen LogP contribution in [0.25, 0.3) is 0 Å². The topological polar surface area (TPSA) is 114 Å². The number of hydrogen-bond acceptors (Lipinski definition) is 6. The van der Waals surface area contributed by atoms with Crippen LogP contribution in [0, 0.1) is 6.92 Å². The fourth-order valence-electron chi connectivity index (χ4n) is 2.23. The van der Waals surface area contributed by atoms with Crippen molar-refractivity contribution in [3.8, 4) is 0 Å². The number of ether oxygens (including phenoxy) is 1. The number of rotatable bonds is 8. The van der Waals surface area contributed by atoms with E-state index >= 15 is 0 Å². The molecule has 8 nitrogen and oxygen atoms in total. The van der Waals surface area contributed by atoms with E-state index in [0.717, 1.165) is 5.56 Å². The molecule has 2 N–H and O–H groups in total. The summed E-state index contributed by atoms with van der Waals surface area (Å²) in [5, 5.41) is 3.03. The maximum Gasteiger partial charge on any atom is 0.306 e. The van der Waals surface area contributed by atoms with Crippen molar-refractivity contribution in [2.45, 2.75) is 24.7 Å². The normalized spacial score (nSPS) is 11.2. The van der Waals surface area contributed by atoms with Gasteiger partial charge in [0.2, 0.25) is 10.0 Å². The molecular formula is C18H19Cl2N3O5S. The van der Waals surface area contributed by atoms with Crippen LogP contribution in [0.4, 0.5) is 5.82 Å². The summed E-state index contributed by atoms with van der Waals surface area (Å²) in [5.74, 6) is -1.03. The molecule has 1 heterocycles. The van der Waals surface area contributed by atoms with Crippen molar-refractivity contribution in [2.75, 3.05) is 19.0 Å². The summed E-state index contributed by atoms with van der Waals surface area (Å²) in [5.41, 5.74) is 1.33.